The van der Waals surface area contributed by atoms with Crippen molar-refractivity contribution in [1.82, 2.24) is 0 Å². The Labute approximate surface area is 254 Å². The lowest BCUT2D eigenvalue weighted by Gasteiger charge is -2.19. The monoisotopic (exact) mass is 558 g/mol. The van der Waals surface area contributed by atoms with Crippen LogP contribution in [0.1, 0.15) is 11.1 Å². The molecule has 0 fully saturated rings. The fourth-order valence-electron chi connectivity index (χ4n) is 7.78. The van der Waals surface area contributed by atoms with Gasteiger partial charge in [0.1, 0.15) is 11.2 Å². The summed E-state index contributed by atoms with van der Waals surface area (Å²) in [6.45, 7) is 0. The fraction of sp³-hybridized carbons (Fsp3) is 0.0233. The van der Waals surface area contributed by atoms with E-state index in [-0.39, 0.29) is 0 Å². The van der Waals surface area contributed by atoms with Gasteiger partial charge in [0.15, 0.2) is 0 Å². The first-order valence-electron chi connectivity index (χ1n) is 15.3. The minimum atomic E-state index is 0.925. The van der Waals surface area contributed by atoms with Gasteiger partial charge in [-0.2, -0.15) is 0 Å². The van der Waals surface area contributed by atoms with E-state index >= 15 is 0 Å². The van der Waals surface area contributed by atoms with Crippen LogP contribution in [0.4, 0.5) is 0 Å². The zero-order valence-corrected chi connectivity index (χ0v) is 24.0. The number of rotatable bonds is 2. The molecule has 1 heteroatoms. The van der Waals surface area contributed by atoms with Gasteiger partial charge in [0.2, 0.25) is 0 Å². The van der Waals surface area contributed by atoms with Crippen LogP contribution < -0.4 is 0 Å². The second-order valence-electron chi connectivity index (χ2n) is 12.0. The maximum atomic E-state index is 6.82. The van der Waals surface area contributed by atoms with Gasteiger partial charge in [-0.25, -0.2) is 0 Å². The molecule has 0 aliphatic heterocycles. The summed E-state index contributed by atoms with van der Waals surface area (Å²) in [7, 11) is 0. The smallest absolute Gasteiger partial charge is 0.143 e. The van der Waals surface area contributed by atoms with Crippen molar-refractivity contribution >= 4 is 54.3 Å². The first-order valence-corrected chi connectivity index (χ1v) is 15.3. The second-order valence-corrected chi connectivity index (χ2v) is 12.0. The Morgan fingerprint density at radius 1 is 0.432 bits per heavy atom. The van der Waals surface area contributed by atoms with E-state index in [1.165, 1.54) is 82.0 Å². The zero-order valence-electron chi connectivity index (χ0n) is 24.0. The molecule has 0 radical (unpaired) electrons. The lowest BCUT2D eigenvalue weighted by atomic mass is 9.84. The van der Waals surface area contributed by atoms with E-state index in [4.69, 9.17) is 4.42 Å². The summed E-state index contributed by atoms with van der Waals surface area (Å²) in [4.78, 5) is 0. The van der Waals surface area contributed by atoms with Crippen molar-refractivity contribution in [3.8, 4) is 33.4 Å². The van der Waals surface area contributed by atoms with Gasteiger partial charge in [0.05, 0.1) is 0 Å². The largest absolute Gasteiger partial charge is 0.455 e. The molecule has 1 aromatic heterocycles. The third kappa shape index (κ3) is 3.24. The zero-order chi connectivity index (χ0) is 28.8. The Kier molecular flexibility index (Phi) is 4.84. The van der Waals surface area contributed by atoms with Crippen molar-refractivity contribution in [3.05, 3.63) is 157 Å². The summed E-state index contributed by atoms with van der Waals surface area (Å²) in [5.41, 5.74) is 12.2. The van der Waals surface area contributed by atoms with Crippen LogP contribution in [0, 0.1) is 0 Å². The molecule has 0 unspecified atom stereocenters. The van der Waals surface area contributed by atoms with Crippen LogP contribution in [0.3, 0.4) is 0 Å². The predicted molar refractivity (Wildman–Crippen MR) is 185 cm³/mol. The van der Waals surface area contributed by atoms with E-state index in [2.05, 4.69) is 146 Å². The average molecular weight is 559 g/mol. The number of hydrogen-bond donors (Lipinski definition) is 0. The minimum absolute atomic E-state index is 0.925. The Morgan fingerprint density at radius 2 is 1.05 bits per heavy atom. The first kappa shape index (κ1) is 23.9. The minimum Gasteiger partial charge on any atom is -0.455 e. The van der Waals surface area contributed by atoms with Gasteiger partial charge < -0.3 is 4.42 Å². The molecule has 0 spiro atoms. The van der Waals surface area contributed by atoms with Gasteiger partial charge in [-0.05, 0) is 90.3 Å². The number of furan rings is 1. The molecule has 204 valence electrons. The summed E-state index contributed by atoms with van der Waals surface area (Å²) in [5.74, 6) is 0. The topological polar surface area (TPSA) is 13.1 Å². The molecular formula is C43H26O. The standard InChI is InChI=1S/C43H26O/c1-2-12-27-23-29(22-21-26(27)11-1)40-31-15-5-7-17-33(31)41(34-18-8-6-16-32(34)40)38-25-36-30-14-4-3-13-28(30)24-37(36)42-35-19-9-10-20-39(35)44-43(38)42/h1-23,25H,24H2. The lowest BCUT2D eigenvalue weighted by molar-refractivity contribution is 0.670. The molecule has 8 aromatic carbocycles. The SMILES string of the molecule is c1ccc2c(c1)Cc1c-2cc(-c2c3ccccc3c(-c3ccc4ccccc4c3)c3ccccc23)c2oc3ccccc3c12. The molecule has 10 rings (SSSR count). The van der Waals surface area contributed by atoms with E-state index in [0.717, 1.165) is 23.2 Å². The normalized spacial score (nSPS) is 12.5. The van der Waals surface area contributed by atoms with Gasteiger partial charge in [0, 0.05) is 21.9 Å². The van der Waals surface area contributed by atoms with E-state index < -0.39 is 0 Å². The lowest BCUT2D eigenvalue weighted by Crippen LogP contribution is -1.93. The van der Waals surface area contributed by atoms with Crippen LogP contribution in [0.15, 0.2) is 150 Å². The van der Waals surface area contributed by atoms with Crippen LogP contribution >= 0.6 is 0 Å². The van der Waals surface area contributed by atoms with Crippen molar-refractivity contribution in [3.63, 3.8) is 0 Å². The maximum Gasteiger partial charge on any atom is 0.143 e. The molecule has 0 saturated heterocycles. The van der Waals surface area contributed by atoms with Crippen molar-refractivity contribution in [2.24, 2.45) is 0 Å². The van der Waals surface area contributed by atoms with E-state index in [1.807, 2.05) is 0 Å². The summed E-state index contributed by atoms with van der Waals surface area (Å²) in [6.07, 6.45) is 0.925. The number of para-hydroxylation sites is 1. The Hall–Kier alpha value is -5.66. The van der Waals surface area contributed by atoms with Gasteiger partial charge in [0.25, 0.3) is 0 Å². The molecule has 0 bridgehead atoms. The highest BCUT2D eigenvalue weighted by Crippen LogP contribution is 2.51. The second kappa shape index (κ2) is 8.92. The van der Waals surface area contributed by atoms with Crippen LogP contribution in [-0.2, 0) is 6.42 Å². The van der Waals surface area contributed by atoms with Crippen LogP contribution in [0.2, 0.25) is 0 Å². The van der Waals surface area contributed by atoms with Crippen LogP contribution in [0.5, 0.6) is 0 Å². The molecule has 1 aliphatic rings. The van der Waals surface area contributed by atoms with Gasteiger partial charge in [-0.15, -0.1) is 0 Å². The molecule has 0 amide bonds. The van der Waals surface area contributed by atoms with Crippen molar-refractivity contribution in [2.45, 2.75) is 6.42 Å². The summed E-state index contributed by atoms with van der Waals surface area (Å²) in [5, 5.41) is 9.93. The maximum absolute atomic E-state index is 6.82. The molecule has 0 N–H and O–H groups in total. The molecule has 0 saturated carbocycles. The third-order valence-electron chi connectivity index (χ3n) is 9.67. The molecule has 0 atom stereocenters. The molecule has 9 aromatic rings. The van der Waals surface area contributed by atoms with Gasteiger partial charge in [-0.1, -0.05) is 127 Å². The fourth-order valence-corrected chi connectivity index (χ4v) is 7.78. The summed E-state index contributed by atoms with van der Waals surface area (Å²) in [6, 6.07) is 53.1. The Balaban J connectivity index is 1.38. The number of hydrogen-bond acceptors (Lipinski definition) is 1. The highest BCUT2D eigenvalue weighted by molar-refractivity contribution is 6.25. The quantitative estimate of drug-likeness (QED) is 0.192. The predicted octanol–water partition coefficient (Wildman–Crippen LogP) is 12.0. The van der Waals surface area contributed by atoms with Crippen molar-refractivity contribution in [1.29, 1.82) is 0 Å². The molecule has 44 heavy (non-hydrogen) atoms. The highest BCUT2D eigenvalue weighted by Gasteiger charge is 2.28. The van der Waals surface area contributed by atoms with Gasteiger partial charge >= 0.3 is 0 Å². The van der Waals surface area contributed by atoms with Crippen molar-refractivity contribution < 1.29 is 4.42 Å². The molecule has 1 heterocycles. The number of fused-ring (bicyclic) bond motifs is 10. The molecule has 1 nitrogen and oxygen atoms in total. The molecule has 1 aliphatic carbocycles. The summed E-state index contributed by atoms with van der Waals surface area (Å²) < 4.78 is 6.82. The van der Waals surface area contributed by atoms with Crippen LogP contribution in [0.25, 0.3) is 87.6 Å². The van der Waals surface area contributed by atoms with E-state index in [0.29, 0.717) is 0 Å². The Bertz CT molecular complexity index is 2580. The summed E-state index contributed by atoms with van der Waals surface area (Å²) >= 11 is 0. The molecular weight excluding hydrogens is 532 g/mol. The highest BCUT2D eigenvalue weighted by atomic mass is 16.3. The van der Waals surface area contributed by atoms with E-state index in [1.54, 1.807) is 0 Å². The van der Waals surface area contributed by atoms with Gasteiger partial charge in [-0.3, -0.25) is 0 Å². The Morgan fingerprint density at radius 3 is 1.82 bits per heavy atom. The third-order valence-corrected chi connectivity index (χ3v) is 9.67. The van der Waals surface area contributed by atoms with Crippen molar-refractivity contribution in [2.75, 3.05) is 0 Å². The first-order chi connectivity index (χ1) is 21.8. The van der Waals surface area contributed by atoms with Crippen LogP contribution in [-0.4, -0.2) is 0 Å². The van der Waals surface area contributed by atoms with E-state index in [9.17, 15) is 0 Å². The number of benzene rings is 8. The average Bonchev–Trinajstić information content (AvgIpc) is 3.65.